The topological polar surface area (TPSA) is 58.6 Å². The predicted octanol–water partition coefficient (Wildman–Crippen LogP) is 5.24. The maximum atomic E-state index is 13.7. The van der Waals surface area contributed by atoms with Crippen LogP contribution in [0.2, 0.25) is 0 Å². The number of nitrogens with zero attached hydrogens (tertiary/aromatic N) is 1. The summed E-state index contributed by atoms with van der Waals surface area (Å²) < 4.78 is 19.1. The highest BCUT2D eigenvalue weighted by molar-refractivity contribution is 6.46. The maximum Gasteiger partial charge on any atom is 0.282 e. The Labute approximate surface area is 186 Å². The van der Waals surface area contributed by atoms with Crippen molar-refractivity contribution in [3.05, 3.63) is 94.9 Å². The summed E-state index contributed by atoms with van der Waals surface area (Å²) >= 11 is 0. The van der Waals surface area contributed by atoms with Crippen molar-refractivity contribution in [2.45, 2.75) is 20.8 Å². The highest BCUT2D eigenvalue weighted by Crippen LogP contribution is 2.38. The molecule has 1 aliphatic heterocycles. The molecular weight excluding hydrogens is 407 g/mol. The number of anilines is 2. The van der Waals surface area contributed by atoms with Gasteiger partial charge in [-0.1, -0.05) is 35.9 Å². The molecule has 0 bridgehead atoms. The first-order valence-electron chi connectivity index (χ1n) is 10.4. The Hall–Kier alpha value is -3.93. The molecule has 0 aliphatic carbocycles. The van der Waals surface area contributed by atoms with Crippen LogP contribution in [-0.4, -0.2) is 18.4 Å². The van der Waals surface area contributed by atoms with E-state index in [1.165, 1.54) is 24.3 Å². The van der Waals surface area contributed by atoms with Gasteiger partial charge in [0.1, 0.15) is 17.3 Å². The second-order valence-electron chi connectivity index (χ2n) is 7.55. The number of carbonyl (C=O) groups excluding carboxylic acids is 2. The Balaban J connectivity index is 1.86. The first-order valence-corrected chi connectivity index (χ1v) is 10.4. The van der Waals surface area contributed by atoms with Crippen molar-refractivity contribution in [3.8, 4) is 5.75 Å². The summed E-state index contributed by atoms with van der Waals surface area (Å²) in [5, 5.41) is 3.05. The molecule has 0 fully saturated rings. The zero-order valence-electron chi connectivity index (χ0n) is 18.1. The summed E-state index contributed by atoms with van der Waals surface area (Å²) in [6, 6.07) is 18.3. The Bertz CT molecular complexity index is 1230. The van der Waals surface area contributed by atoms with Crippen molar-refractivity contribution < 1.29 is 18.7 Å². The number of hydrogen-bond acceptors (Lipinski definition) is 4. The minimum absolute atomic E-state index is 0.139. The predicted molar refractivity (Wildman–Crippen MR) is 123 cm³/mol. The van der Waals surface area contributed by atoms with Crippen molar-refractivity contribution in [1.82, 2.24) is 0 Å². The zero-order valence-corrected chi connectivity index (χ0v) is 18.1. The lowest BCUT2D eigenvalue weighted by molar-refractivity contribution is -0.120. The van der Waals surface area contributed by atoms with Crippen LogP contribution >= 0.6 is 0 Å². The molecule has 32 heavy (non-hydrogen) atoms. The quantitative estimate of drug-likeness (QED) is 0.544. The number of rotatable bonds is 6. The van der Waals surface area contributed by atoms with Crippen molar-refractivity contribution in [1.29, 1.82) is 0 Å². The SMILES string of the molecule is CCOc1ccccc1N1C(=O)C(Nc2ccc(F)cc2)=C(c2ccc(C)cc2C)C1=O. The monoisotopic (exact) mass is 430 g/mol. The van der Waals surface area contributed by atoms with E-state index in [-0.39, 0.29) is 17.1 Å². The third-order valence-electron chi connectivity index (χ3n) is 5.25. The van der Waals surface area contributed by atoms with E-state index >= 15 is 0 Å². The van der Waals surface area contributed by atoms with Crippen LogP contribution in [0.15, 0.2) is 72.4 Å². The highest BCUT2D eigenvalue weighted by atomic mass is 19.1. The summed E-state index contributed by atoms with van der Waals surface area (Å²) in [5.74, 6) is -0.889. The van der Waals surface area contributed by atoms with Gasteiger partial charge >= 0.3 is 0 Å². The molecule has 0 radical (unpaired) electrons. The minimum Gasteiger partial charge on any atom is -0.492 e. The van der Waals surface area contributed by atoms with Gasteiger partial charge in [-0.2, -0.15) is 0 Å². The molecule has 1 aliphatic rings. The average Bonchev–Trinajstić information content (AvgIpc) is 3.00. The van der Waals surface area contributed by atoms with E-state index in [1.807, 2.05) is 39.0 Å². The van der Waals surface area contributed by atoms with Crippen LogP contribution in [0.3, 0.4) is 0 Å². The van der Waals surface area contributed by atoms with E-state index in [0.29, 0.717) is 29.3 Å². The molecule has 0 saturated heterocycles. The largest absolute Gasteiger partial charge is 0.492 e. The van der Waals surface area contributed by atoms with Gasteiger partial charge in [-0.25, -0.2) is 9.29 Å². The third-order valence-corrected chi connectivity index (χ3v) is 5.25. The summed E-state index contributed by atoms with van der Waals surface area (Å²) in [4.78, 5) is 28.3. The third kappa shape index (κ3) is 3.87. The fourth-order valence-electron chi connectivity index (χ4n) is 3.81. The van der Waals surface area contributed by atoms with Crippen LogP contribution in [0.5, 0.6) is 5.75 Å². The van der Waals surface area contributed by atoms with Gasteiger partial charge in [-0.15, -0.1) is 0 Å². The molecule has 0 unspecified atom stereocenters. The average molecular weight is 430 g/mol. The standard InChI is InChI=1S/C26H23FN2O3/c1-4-32-22-8-6-5-7-21(22)29-25(30)23(20-14-9-16(2)15-17(20)3)24(26(29)31)28-19-12-10-18(27)11-13-19/h5-15,28H,4H2,1-3H3. The van der Waals surface area contributed by atoms with Gasteiger partial charge in [0.05, 0.1) is 17.9 Å². The Kier molecular flexibility index (Phi) is 5.77. The molecule has 4 rings (SSSR count). The second-order valence-corrected chi connectivity index (χ2v) is 7.55. The molecule has 162 valence electrons. The van der Waals surface area contributed by atoms with Crippen LogP contribution in [0.25, 0.3) is 5.57 Å². The number of amides is 2. The number of para-hydroxylation sites is 2. The van der Waals surface area contributed by atoms with Crippen LogP contribution in [-0.2, 0) is 9.59 Å². The summed E-state index contributed by atoms with van der Waals surface area (Å²) in [6.45, 7) is 6.10. The molecule has 3 aromatic rings. The van der Waals surface area contributed by atoms with Gasteiger partial charge in [-0.05, 0) is 68.3 Å². The van der Waals surface area contributed by atoms with E-state index in [9.17, 15) is 14.0 Å². The number of hydrogen-bond donors (Lipinski definition) is 1. The van der Waals surface area contributed by atoms with Gasteiger partial charge in [0.25, 0.3) is 11.8 Å². The van der Waals surface area contributed by atoms with Crippen LogP contribution in [0.4, 0.5) is 15.8 Å². The summed E-state index contributed by atoms with van der Waals surface area (Å²) in [7, 11) is 0. The Morgan fingerprint density at radius 2 is 1.66 bits per heavy atom. The molecule has 1 heterocycles. The first kappa shape index (κ1) is 21.3. The minimum atomic E-state index is -0.499. The van der Waals surface area contributed by atoms with Gasteiger partial charge in [0, 0.05) is 5.69 Å². The van der Waals surface area contributed by atoms with Crippen molar-refractivity contribution in [3.63, 3.8) is 0 Å². The van der Waals surface area contributed by atoms with Gasteiger partial charge in [-0.3, -0.25) is 9.59 Å². The molecule has 2 amide bonds. The lowest BCUT2D eigenvalue weighted by atomic mass is 9.97. The van der Waals surface area contributed by atoms with Crippen molar-refractivity contribution in [2.75, 3.05) is 16.8 Å². The number of carbonyl (C=O) groups is 2. The molecule has 0 atom stereocenters. The molecule has 5 nitrogen and oxygen atoms in total. The van der Waals surface area contributed by atoms with Crippen LogP contribution < -0.4 is 15.0 Å². The number of halogens is 1. The molecule has 0 saturated carbocycles. The first-order chi connectivity index (χ1) is 15.4. The van der Waals surface area contributed by atoms with Gasteiger partial charge in [0.15, 0.2) is 0 Å². The fraction of sp³-hybridized carbons (Fsp3) is 0.154. The number of imide groups is 1. The lowest BCUT2D eigenvalue weighted by Crippen LogP contribution is -2.32. The number of ether oxygens (including phenoxy) is 1. The van der Waals surface area contributed by atoms with Crippen LogP contribution in [0, 0.1) is 19.7 Å². The molecule has 6 heteroatoms. The maximum absolute atomic E-state index is 13.7. The lowest BCUT2D eigenvalue weighted by Gasteiger charge is -2.19. The van der Waals surface area contributed by atoms with Crippen molar-refractivity contribution in [2.24, 2.45) is 0 Å². The normalized spacial score (nSPS) is 13.7. The zero-order chi connectivity index (χ0) is 22.8. The second kappa shape index (κ2) is 8.67. The van der Waals surface area contributed by atoms with Crippen molar-refractivity contribution >= 4 is 28.8 Å². The van der Waals surface area contributed by atoms with E-state index in [4.69, 9.17) is 4.74 Å². The van der Waals surface area contributed by atoms with E-state index in [1.54, 1.807) is 24.3 Å². The van der Waals surface area contributed by atoms with E-state index in [2.05, 4.69) is 5.32 Å². The molecule has 3 aromatic carbocycles. The molecule has 0 spiro atoms. The summed E-state index contributed by atoms with van der Waals surface area (Å²) in [5.41, 5.74) is 3.87. The Morgan fingerprint density at radius 1 is 0.938 bits per heavy atom. The van der Waals surface area contributed by atoms with Crippen LogP contribution in [0.1, 0.15) is 23.6 Å². The number of aryl methyl sites for hydroxylation is 2. The highest BCUT2D eigenvalue weighted by Gasteiger charge is 2.41. The summed E-state index contributed by atoms with van der Waals surface area (Å²) in [6.07, 6.45) is 0. The molecular formula is C26H23FN2O3. The number of benzene rings is 3. The Morgan fingerprint density at radius 3 is 2.34 bits per heavy atom. The number of nitrogens with one attached hydrogen (secondary N) is 1. The van der Waals surface area contributed by atoms with E-state index < -0.39 is 11.8 Å². The van der Waals surface area contributed by atoms with Gasteiger partial charge < -0.3 is 10.1 Å². The van der Waals surface area contributed by atoms with Gasteiger partial charge in [0.2, 0.25) is 0 Å². The molecule has 1 N–H and O–H groups in total. The smallest absolute Gasteiger partial charge is 0.282 e. The molecule has 0 aromatic heterocycles. The fourth-order valence-corrected chi connectivity index (χ4v) is 3.81. The van der Waals surface area contributed by atoms with E-state index in [0.717, 1.165) is 16.0 Å².